The fourth-order valence-corrected chi connectivity index (χ4v) is 3.35. The summed E-state index contributed by atoms with van der Waals surface area (Å²) in [5.41, 5.74) is 2.93. The second-order valence-electron chi connectivity index (χ2n) is 6.26. The van der Waals surface area contributed by atoms with Crippen molar-refractivity contribution in [1.82, 2.24) is 4.90 Å². The summed E-state index contributed by atoms with van der Waals surface area (Å²) in [5.74, 6) is 0.162. The summed E-state index contributed by atoms with van der Waals surface area (Å²) in [7, 11) is 1.52. The van der Waals surface area contributed by atoms with E-state index in [1.54, 1.807) is 23.1 Å². The largest absolute Gasteiger partial charge is 0.495 e. The zero-order chi connectivity index (χ0) is 18.7. The second kappa shape index (κ2) is 7.79. The fraction of sp³-hybridized carbons (Fsp3) is 0.300. The van der Waals surface area contributed by atoms with E-state index in [0.717, 1.165) is 12.0 Å². The van der Waals surface area contributed by atoms with Crippen LogP contribution >= 0.6 is 11.6 Å². The third-order valence-electron chi connectivity index (χ3n) is 4.59. The summed E-state index contributed by atoms with van der Waals surface area (Å²) in [4.78, 5) is 28.2. The maximum Gasteiger partial charge on any atom is 0.242 e. The van der Waals surface area contributed by atoms with Gasteiger partial charge in [0.1, 0.15) is 12.3 Å². The van der Waals surface area contributed by atoms with Crippen LogP contribution in [0.5, 0.6) is 5.75 Å². The number of benzene rings is 2. The van der Waals surface area contributed by atoms with Crippen molar-refractivity contribution in [2.75, 3.05) is 25.1 Å². The van der Waals surface area contributed by atoms with Crippen LogP contribution in [0, 0.1) is 0 Å². The van der Waals surface area contributed by atoms with Crippen LogP contribution < -0.4 is 9.64 Å². The Balaban J connectivity index is 1.80. The maximum atomic E-state index is 12.8. The first-order chi connectivity index (χ1) is 12.5. The molecule has 2 aromatic rings. The summed E-state index contributed by atoms with van der Waals surface area (Å²) in [6.07, 6.45) is 0.822. The summed E-state index contributed by atoms with van der Waals surface area (Å²) in [6, 6.07) is 13.1. The van der Waals surface area contributed by atoms with Gasteiger partial charge in [0.25, 0.3) is 0 Å². The fourth-order valence-electron chi connectivity index (χ4n) is 3.18. The van der Waals surface area contributed by atoms with Gasteiger partial charge in [0.2, 0.25) is 11.8 Å². The summed E-state index contributed by atoms with van der Waals surface area (Å²) >= 11 is 6.08. The molecule has 26 heavy (non-hydrogen) atoms. The Bertz CT molecular complexity index is 838. The number of anilines is 1. The number of amides is 2. The molecule has 1 aliphatic rings. The molecule has 1 aliphatic heterocycles. The minimum absolute atomic E-state index is 0.0474. The molecule has 0 aliphatic carbocycles. The number of rotatable bonds is 4. The lowest BCUT2D eigenvalue weighted by molar-refractivity contribution is -0.132. The van der Waals surface area contributed by atoms with Gasteiger partial charge in [-0.25, -0.2) is 0 Å². The van der Waals surface area contributed by atoms with E-state index < -0.39 is 0 Å². The molecule has 1 heterocycles. The number of hydrogen-bond donors (Lipinski definition) is 0. The van der Waals surface area contributed by atoms with Crippen LogP contribution in [0.25, 0.3) is 0 Å². The minimum Gasteiger partial charge on any atom is -0.495 e. The van der Waals surface area contributed by atoms with E-state index in [0.29, 0.717) is 29.5 Å². The van der Waals surface area contributed by atoms with Gasteiger partial charge in [0.05, 0.1) is 12.8 Å². The summed E-state index contributed by atoms with van der Waals surface area (Å²) in [6.45, 7) is 2.59. The van der Waals surface area contributed by atoms with Crippen LogP contribution in [0.2, 0.25) is 5.02 Å². The van der Waals surface area contributed by atoms with Gasteiger partial charge in [-0.3, -0.25) is 14.5 Å². The van der Waals surface area contributed by atoms with Crippen molar-refractivity contribution in [1.29, 1.82) is 0 Å². The standard InChI is InChI=1S/C20H21ClN2O3/c1-14(24)23(18-11-17(21)7-8-19(18)26-2)13-20(25)22-10-9-15-5-3-4-6-16(15)12-22/h3-8,11H,9-10,12-13H2,1-2H3. The Labute approximate surface area is 158 Å². The van der Waals surface area contributed by atoms with Crippen LogP contribution in [0.1, 0.15) is 18.1 Å². The third-order valence-corrected chi connectivity index (χ3v) is 4.82. The van der Waals surface area contributed by atoms with Crippen molar-refractivity contribution in [3.63, 3.8) is 0 Å². The van der Waals surface area contributed by atoms with Crippen LogP contribution in [0.3, 0.4) is 0 Å². The number of fused-ring (bicyclic) bond motifs is 1. The normalized spacial score (nSPS) is 13.1. The molecule has 5 nitrogen and oxygen atoms in total. The lowest BCUT2D eigenvalue weighted by atomic mass is 10.00. The first-order valence-electron chi connectivity index (χ1n) is 8.46. The molecule has 2 amide bonds. The molecule has 0 saturated carbocycles. The highest BCUT2D eigenvalue weighted by molar-refractivity contribution is 6.31. The van der Waals surface area contributed by atoms with E-state index in [1.807, 2.05) is 18.2 Å². The van der Waals surface area contributed by atoms with Gasteiger partial charge in [-0.1, -0.05) is 35.9 Å². The molecule has 0 radical (unpaired) electrons. The van der Waals surface area contributed by atoms with Gasteiger partial charge in [-0.05, 0) is 35.7 Å². The molecular weight excluding hydrogens is 352 g/mol. The van der Waals surface area contributed by atoms with Crippen molar-refractivity contribution < 1.29 is 14.3 Å². The highest BCUT2D eigenvalue weighted by atomic mass is 35.5. The molecule has 0 saturated heterocycles. The third kappa shape index (κ3) is 3.83. The number of halogens is 1. The Morgan fingerprint density at radius 1 is 1.19 bits per heavy atom. The van der Waals surface area contributed by atoms with Crippen LogP contribution in [0.4, 0.5) is 5.69 Å². The number of hydrogen-bond acceptors (Lipinski definition) is 3. The van der Waals surface area contributed by atoms with Crippen molar-refractivity contribution in [2.45, 2.75) is 19.9 Å². The quantitative estimate of drug-likeness (QED) is 0.827. The SMILES string of the molecule is COc1ccc(Cl)cc1N(CC(=O)N1CCc2ccccc2C1)C(C)=O. The van der Waals surface area contributed by atoms with E-state index in [9.17, 15) is 9.59 Å². The van der Waals surface area contributed by atoms with Crippen molar-refractivity contribution in [3.8, 4) is 5.75 Å². The highest BCUT2D eigenvalue weighted by Crippen LogP contribution is 2.31. The van der Waals surface area contributed by atoms with E-state index in [-0.39, 0.29) is 18.4 Å². The molecule has 0 unspecified atom stereocenters. The minimum atomic E-state index is -0.240. The van der Waals surface area contributed by atoms with Crippen LogP contribution in [0.15, 0.2) is 42.5 Å². The molecule has 0 fully saturated rings. The molecule has 0 aromatic heterocycles. The predicted molar refractivity (Wildman–Crippen MR) is 102 cm³/mol. The van der Waals surface area contributed by atoms with Gasteiger partial charge in [0, 0.05) is 25.0 Å². The molecule has 3 rings (SSSR count). The zero-order valence-corrected chi connectivity index (χ0v) is 15.6. The van der Waals surface area contributed by atoms with Crippen molar-refractivity contribution >= 4 is 29.1 Å². The number of nitrogens with zero attached hydrogens (tertiary/aromatic N) is 2. The molecule has 2 aromatic carbocycles. The van der Waals surface area contributed by atoms with Crippen LogP contribution in [-0.4, -0.2) is 36.9 Å². The van der Waals surface area contributed by atoms with E-state index in [2.05, 4.69) is 6.07 Å². The Morgan fingerprint density at radius 2 is 1.92 bits per heavy atom. The Hall–Kier alpha value is -2.53. The van der Waals surface area contributed by atoms with E-state index in [1.165, 1.54) is 24.5 Å². The smallest absolute Gasteiger partial charge is 0.242 e. The number of carbonyl (C=O) groups is 2. The first-order valence-corrected chi connectivity index (χ1v) is 8.83. The maximum absolute atomic E-state index is 12.8. The Morgan fingerprint density at radius 3 is 2.62 bits per heavy atom. The van der Waals surface area contributed by atoms with Gasteiger partial charge in [0.15, 0.2) is 0 Å². The summed E-state index contributed by atoms with van der Waals surface area (Å²) < 4.78 is 5.33. The van der Waals surface area contributed by atoms with Gasteiger partial charge in [-0.15, -0.1) is 0 Å². The molecule has 136 valence electrons. The van der Waals surface area contributed by atoms with Gasteiger partial charge in [-0.2, -0.15) is 0 Å². The number of methoxy groups -OCH3 is 1. The zero-order valence-electron chi connectivity index (χ0n) is 14.9. The lowest BCUT2D eigenvalue weighted by Gasteiger charge is -2.31. The lowest BCUT2D eigenvalue weighted by Crippen LogP contribution is -2.44. The molecule has 0 spiro atoms. The van der Waals surface area contributed by atoms with Crippen molar-refractivity contribution in [2.24, 2.45) is 0 Å². The van der Waals surface area contributed by atoms with Crippen LogP contribution in [-0.2, 0) is 22.6 Å². The average molecular weight is 373 g/mol. The van der Waals surface area contributed by atoms with Crippen molar-refractivity contribution in [3.05, 3.63) is 58.6 Å². The topological polar surface area (TPSA) is 49.9 Å². The molecule has 0 bridgehead atoms. The average Bonchev–Trinajstić information content (AvgIpc) is 2.65. The first kappa shape index (κ1) is 18.3. The second-order valence-corrected chi connectivity index (χ2v) is 6.69. The predicted octanol–water partition coefficient (Wildman–Crippen LogP) is 3.29. The Kier molecular flexibility index (Phi) is 5.47. The number of ether oxygens (including phenoxy) is 1. The van der Waals surface area contributed by atoms with Gasteiger partial charge < -0.3 is 9.64 Å². The van der Waals surface area contributed by atoms with E-state index >= 15 is 0 Å². The highest BCUT2D eigenvalue weighted by Gasteiger charge is 2.25. The molecular formula is C20H21ClN2O3. The number of carbonyl (C=O) groups excluding carboxylic acids is 2. The van der Waals surface area contributed by atoms with Gasteiger partial charge >= 0.3 is 0 Å². The molecule has 0 N–H and O–H groups in total. The monoisotopic (exact) mass is 372 g/mol. The summed E-state index contributed by atoms with van der Waals surface area (Å²) in [5, 5.41) is 0.478. The molecule has 6 heteroatoms. The molecule has 0 atom stereocenters. The van der Waals surface area contributed by atoms with E-state index in [4.69, 9.17) is 16.3 Å².